The van der Waals surface area contributed by atoms with Gasteiger partial charge in [0.15, 0.2) is 0 Å². The predicted molar refractivity (Wildman–Crippen MR) is 112 cm³/mol. The minimum Gasteiger partial charge on any atom is -0.494 e. The number of aromatic nitrogens is 3. The van der Waals surface area contributed by atoms with Gasteiger partial charge in [-0.15, -0.1) is 5.10 Å². The first kappa shape index (κ1) is 19.9. The Labute approximate surface area is 176 Å². The van der Waals surface area contributed by atoms with Crippen LogP contribution in [0.5, 0.6) is 5.75 Å². The highest BCUT2D eigenvalue weighted by molar-refractivity contribution is 7.99. The van der Waals surface area contributed by atoms with Gasteiger partial charge in [-0.3, -0.25) is 14.9 Å². The summed E-state index contributed by atoms with van der Waals surface area (Å²) in [5.41, 5.74) is 1.21. The van der Waals surface area contributed by atoms with Crippen molar-refractivity contribution < 1.29 is 14.5 Å². The number of nitrogens with zero attached hydrogens (tertiary/aromatic N) is 4. The van der Waals surface area contributed by atoms with Crippen LogP contribution in [0, 0.1) is 10.1 Å². The number of carbonyl (C=O) groups is 1. The van der Waals surface area contributed by atoms with E-state index >= 15 is 0 Å². The monoisotopic (exact) mass is 425 g/mol. The molecule has 2 aromatic carbocycles. The molecule has 1 heterocycles. The topological polar surface area (TPSA) is 112 Å². The van der Waals surface area contributed by atoms with E-state index in [2.05, 4.69) is 15.4 Å². The van der Waals surface area contributed by atoms with Crippen molar-refractivity contribution in [3.05, 3.63) is 64.5 Å². The van der Waals surface area contributed by atoms with Gasteiger partial charge >= 0.3 is 0 Å². The largest absolute Gasteiger partial charge is 0.494 e. The van der Waals surface area contributed by atoms with E-state index in [0.717, 1.165) is 24.4 Å². The zero-order chi connectivity index (χ0) is 21.1. The van der Waals surface area contributed by atoms with Gasteiger partial charge in [-0.05, 0) is 31.0 Å². The number of rotatable bonds is 8. The van der Waals surface area contributed by atoms with Gasteiger partial charge < -0.3 is 10.1 Å². The molecule has 30 heavy (non-hydrogen) atoms. The lowest BCUT2D eigenvalue weighted by molar-refractivity contribution is -0.384. The van der Waals surface area contributed by atoms with Crippen LogP contribution in [-0.4, -0.2) is 38.5 Å². The molecule has 0 saturated heterocycles. The fourth-order valence-corrected chi connectivity index (χ4v) is 3.57. The van der Waals surface area contributed by atoms with Crippen LogP contribution in [-0.2, 0) is 4.79 Å². The molecular weight excluding hydrogens is 406 g/mol. The minimum atomic E-state index is -0.518. The Kier molecular flexibility index (Phi) is 5.66. The molecule has 10 heteroatoms. The van der Waals surface area contributed by atoms with E-state index < -0.39 is 4.92 Å². The van der Waals surface area contributed by atoms with E-state index in [0.29, 0.717) is 16.8 Å². The third-order valence-corrected chi connectivity index (χ3v) is 5.40. The summed E-state index contributed by atoms with van der Waals surface area (Å²) in [7, 11) is 1.39. The first-order chi connectivity index (χ1) is 14.5. The van der Waals surface area contributed by atoms with E-state index in [9.17, 15) is 14.9 Å². The molecule has 154 valence electrons. The number of methoxy groups -OCH3 is 1. The van der Waals surface area contributed by atoms with Crippen molar-refractivity contribution in [2.45, 2.75) is 23.9 Å². The lowest BCUT2D eigenvalue weighted by atomic mass is 10.2. The van der Waals surface area contributed by atoms with E-state index in [1.165, 1.54) is 37.1 Å². The van der Waals surface area contributed by atoms with Crippen LogP contribution < -0.4 is 10.1 Å². The van der Waals surface area contributed by atoms with Gasteiger partial charge in [0.1, 0.15) is 11.6 Å². The molecule has 0 aliphatic heterocycles. The second kappa shape index (κ2) is 8.54. The fourth-order valence-electron chi connectivity index (χ4n) is 2.94. The molecule has 4 rings (SSSR count). The summed E-state index contributed by atoms with van der Waals surface area (Å²) >= 11 is 1.24. The zero-order valence-electron chi connectivity index (χ0n) is 16.1. The number of nitro benzene ring substituents is 1. The van der Waals surface area contributed by atoms with E-state index in [1.54, 1.807) is 0 Å². The molecule has 1 aliphatic carbocycles. The maximum Gasteiger partial charge on any atom is 0.273 e. The smallest absolute Gasteiger partial charge is 0.273 e. The fraction of sp³-hybridized carbons (Fsp3) is 0.250. The predicted octanol–water partition coefficient (Wildman–Crippen LogP) is 3.79. The van der Waals surface area contributed by atoms with Crippen LogP contribution >= 0.6 is 11.8 Å². The van der Waals surface area contributed by atoms with Crippen molar-refractivity contribution in [1.29, 1.82) is 0 Å². The average Bonchev–Trinajstić information content (AvgIpc) is 3.52. The molecule has 0 unspecified atom stereocenters. The van der Waals surface area contributed by atoms with Gasteiger partial charge in [0.25, 0.3) is 5.69 Å². The Morgan fingerprint density at radius 3 is 2.73 bits per heavy atom. The number of nitrogens with one attached hydrogen (secondary N) is 1. The highest BCUT2D eigenvalue weighted by atomic mass is 32.2. The number of amides is 1. The van der Waals surface area contributed by atoms with Crippen LogP contribution in [0.2, 0.25) is 0 Å². The SMILES string of the molecule is COc1cc([N+](=O)[O-])ccc1NC(=O)CSc1nc(C2CC2)n(-c2ccccc2)n1. The second-order valence-electron chi connectivity index (χ2n) is 6.75. The molecule has 3 aromatic rings. The van der Waals surface area contributed by atoms with E-state index in [-0.39, 0.29) is 23.1 Å². The van der Waals surface area contributed by atoms with Crippen molar-refractivity contribution in [3.63, 3.8) is 0 Å². The van der Waals surface area contributed by atoms with Gasteiger partial charge in [-0.25, -0.2) is 9.67 Å². The maximum absolute atomic E-state index is 12.4. The van der Waals surface area contributed by atoms with Crippen molar-refractivity contribution >= 4 is 29.0 Å². The number of non-ortho nitro benzene ring substituents is 1. The molecule has 1 aromatic heterocycles. The number of nitro groups is 1. The highest BCUT2D eigenvalue weighted by Gasteiger charge is 2.30. The van der Waals surface area contributed by atoms with E-state index in [1.807, 2.05) is 35.0 Å². The molecule has 9 nitrogen and oxygen atoms in total. The number of carbonyl (C=O) groups excluding carboxylic acids is 1. The Morgan fingerprint density at radius 1 is 1.30 bits per heavy atom. The first-order valence-corrected chi connectivity index (χ1v) is 10.3. The van der Waals surface area contributed by atoms with Crippen LogP contribution in [0.4, 0.5) is 11.4 Å². The minimum absolute atomic E-state index is 0.100. The molecule has 0 spiro atoms. The Bertz CT molecular complexity index is 1080. The molecule has 0 bridgehead atoms. The lowest BCUT2D eigenvalue weighted by Crippen LogP contribution is -2.15. The summed E-state index contributed by atoms with van der Waals surface area (Å²) in [5.74, 6) is 1.37. The van der Waals surface area contributed by atoms with E-state index in [4.69, 9.17) is 4.74 Å². The standard InChI is InChI=1S/C20H19N5O4S/c1-29-17-11-15(25(27)28)9-10-16(17)21-18(26)12-30-20-22-19(13-7-8-13)24(23-20)14-5-3-2-4-6-14/h2-6,9-11,13H,7-8,12H2,1H3,(H,21,26). The first-order valence-electron chi connectivity index (χ1n) is 9.32. The number of anilines is 1. The third-order valence-electron chi connectivity index (χ3n) is 4.56. The normalized spacial score (nSPS) is 13.1. The summed E-state index contributed by atoms with van der Waals surface area (Å²) in [5, 5.41) is 18.7. The summed E-state index contributed by atoms with van der Waals surface area (Å²) in [6.45, 7) is 0. The molecule has 1 amide bonds. The van der Waals surface area contributed by atoms with Gasteiger partial charge in [0.2, 0.25) is 11.1 Å². The van der Waals surface area contributed by atoms with Crippen LogP contribution in [0.25, 0.3) is 5.69 Å². The third kappa shape index (κ3) is 4.43. The number of hydrogen-bond acceptors (Lipinski definition) is 7. The van der Waals surface area contributed by atoms with Gasteiger partial charge in [0, 0.05) is 12.0 Å². The van der Waals surface area contributed by atoms with Crippen LogP contribution in [0.15, 0.2) is 53.7 Å². The molecule has 0 radical (unpaired) electrons. The van der Waals surface area contributed by atoms with Gasteiger partial charge in [-0.2, -0.15) is 0 Å². The summed E-state index contributed by atoms with van der Waals surface area (Å²) in [6.07, 6.45) is 2.19. The second-order valence-corrected chi connectivity index (χ2v) is 7.70. The number of benzene rings is 2. The maximum atomic E-state index is 12.4. The van der Waals surface area contributed by atoms with Gasteiger partial charge in [0.05, 0.1) is 35.2 Å². The summed E-state index contributed by atoms with van der Waals surface area (Å²) < 4.78 is 6.99. The zero-order valence-corrected chi connectivity index (χ0v) is 17.0. The lowest BCUT2D eigenvalue weighted by Gasteiger charge is -2.09. The van der Waals surface area contributed by atoms with Crippen molar-refractivity contribution in [3.8, 4) is 11.4 Å². The highest BCUT2D eigenvalue weighted by Crippen LogP contribution is 2.40. The molecular formula is C20H19N5O4S. The number of thioether (sulfide) groups is 1. The molecule has 1 aliphatic rings. The Morgan fingerprint density at radius 2 is 2.07 bits per heavy atom. The van der Waals surface area contributed by atoms with Crippen LogP contribution in [0.1, 0.15) is 24.6 Å². The molecule has 1 N–H and O–H groups in total. The quantitative estimate of drug-likeness (QED) is 0.332. The Balaban J connectivity index is 1.44. The number of ether oxygens (including phenoxy) is 1. The van der Waals surface area contributed by atoms with Crippen LogP contribution in [0.3, 0.4) is 0 Å². The number of hydrogen-bond donors (Lipinski definition) is 1. The van der Waals surface area contributed by atoms with Crippen molar-refractivity contribution in [1.82, 2.24) is 14.8 Å². The molecule has 1 fully saturated rings. The summed E-state index contributed by atoms with van der Waals surface area (Å²) in [6, 6.07) is 13.8. The summed E-state index contributed by atoms with van der Waals surface area (Å²) in [4.78, 5) is 27.4. The number of para-hydroxylation sites is 1. The Hall–Kier alpha value is -3.40. The van der Waals surface area contributed by atoms with Crippen molar-refractivity contribution in [2.24, 2.45) is 0 Å². The average molecular weight is 425 g/mol. The van der Waals surface area contributed by atoms with Crippen molar-refractivity contribution in [2.75, 3.05) is 18.2 Å². The molecule has 0 atom stereocenters. The molecule has 1 saturated carbocycles. The van der Waals surface area contributed by atoms with Gasteiger partial charge in [-0.1, -0.05) is 30.0 Å².